The second-order valence-corrected chi connectivity index (χ2v) is 2.79. The number of hydrogen-bond donors (Lipinski definition) is 1. The SMILES string of the molecule is COc1cc(CN)c(C#N)cc1C. The molecule has 0 bridgehead atoms. The first-order valence-corrected chi connectivity index (χ1v) is 4.00. The Labute approximate surface area is 77.7 Å². The number of ether oxygens (including phenoxy) is 1. The van der Waals surface area contributed by atoms with Gasteiger partial charge < -0.3 is 10.5 Å². The fraction of sp³-hybridized carbons (Fsp3) is 0.300. The standard InChI is InChI=1S/C10H12N2O/c1-7-3-8(5-11)9(6-12)4-10(7)13-2/h3-4H,6,12H2,1-2H3. The monoisotopic (exact) mass is 176 g/mol. The van der Waals surface area contributed by atoms with Crippen LogP contribution in [0.1, 0.15) is 16.7 Å². The van der Waals surface area contributed by atoms with E-state index in [1.165, 1.54) is 0 Å². The van der Waals surface area contributed by atoms with Crippen molar-refractivity contribution in [2.45, 2.75) is 13.5 Å². The quantitative estimate of drug-likeness (QED) is 0.739. The molecule has 13 heavy (non-hydrogen) atoms. The van der Waals surface area contributed by atoms with E-state index in [1.54, 1.807) is 13.2 Å². The summed E-state index contributed by atoms with van der Waals surface area (Å²) in [4.78, 5) is 0. The number of rotatable bonds is 2. The summed E-state index contributed by atoms with van der Waals surface area (Å²) in [7, 11) is 1.61. The third-order valence-corrected chi connectivity index (χ3v) is 1.96. The highest BCUT2D eigenvalue weighted by atomic mass is 16.5. The molecule has 1 rings (SSSR count). The lowest BCUT2D eigenvalue weighted by molar-refractivity contribution is 0.411. The molecule has 1 aromatic carbocycles. The average Bonchev–Trinajstić information content (AvgIpc) is 2.17. The first kappa shape index (κ1) is 9.56. The van der Waals surface area contributed by atoms with Gasteiger partial charge in [-0.15, -0.1) is 0 Å². The molecule has 0 atom stereocenters. The molecule has 0 saturated carbocycles. The molecule has 0 spiro atoms. The van der Waals surface area contributed by atoms with E-state index >= 15 is 0 Å². The van der Waals surface area contributed by atoms with E-state index in [0.29, 0.717) is 12.1 Å². The maximum atomic E-state index is 8.79. The first-order valence-electron chi connectivity index (χ1n) is 4.00. The Balaban J connectivity index is 3.28. The second-order valence-electron chi connectivity index (χ2n) is 2.79. The Bertz CT molecular complexity index is 353. The van der Waals surface area contributed by atoms with Gasteiger partial charge in [0.2, 0.25) is 0 Å². The van der Waals surface area contributed by atoms with Gasteiger partial charge in [-0.2, -0.15) is 5.26 Å². The van der Waals surface area contributed by atoms with E-state index in [4.69, 9.17) is 15.7 Å². The molecule has 0 fully saturated rings. The molecule has 0 unspecified atom stereocenters. The largest absolute Gasteiger partial charge is 0.496 e. The van der Waals surface area contributed by atoms with Crippen molar-refractivity contribution >= 4 is 0 Å². The summed E-state index contributed by atoms with van der Waals surface area (Å²) in [5.74, 6) is 0.777. The molecule has 0 heterocycles. The lowest BCUT2D eigenvalue weighted by atomic mass is 10.0. The lowest BCUT2D eigenvalue weighted by Crippen LogP contribution is -2.01. The Morgan fingerprint density at radius 3 is 2.69 bits per heavy atom. The molecule has 0 aliphatic rings. The zero-order valence-electron chi connectivity index (χ0n) is 7.79. The predicted octanol–water partition coefficient (Wildman–Crippen LogP) is 1.33. The molecule has 0 aliphatic carbocycles. The third-order valence-electron chi connectivity index (χ3n) is 1.96. The van der Waals surface area contributed by atoms with Crippen molar-refractivity contribution in [3.8, 4) is 11.8 Å². The van der Waals surface area contributed by atoms with Crippen LogP contribution in [0.25, 0.3) is 0 Å². The molecular weight excluding hydrogens is 164 g/mol. The van der Waals surface area contributed by atoms with E-state index < -0.39 is 0 Å². The van der Waals surface area contributed by atoms with Crippen molar-refractivity contribution in [2.75, 3.05) is 7.11 Å². The maximum Gasteiger partial charge on any atom is 0.122 e. The number of hydrogen-bond acceptors (Lipinski definition) is 3. The topological polar surface area (TPSA) is 59.0 Å². The van der Waals surface area contributed by atoms with Crippen LogP contribution in [0.4, 0.5) is 0 Å². The van der Waals surface area contributed by atoms with E-state index in [2.05, 4.69) is 6.07 Å². The molecule has 3 nitrogen and oxygen atoms in total. The zero-order chi connectivity index (χ0) is 9.84. The number of nitrogens with two attached hydrogens (primary N) is 1. The van der Waals surface area contributed by atoms with Gasteiger partial charge >= 0.3 is 0 Å². The van der Waals surface area contributed by atoms with Crippen molar-refractivity contribution in [3.05, 3.63) is 28.8 Å². The van der Waals surface area contributed by atoms with Gasteiger partial charge in [0.05, 0.1) is 18.7 Å². The summed E-state index contributed by atoms with van der Waals surface area (Å²) in [5.41, 5.74) is 7.90. The Hall–Kier alpha value is -1.53. The molecule has 2 N–H and O–H groups in total. The van der Waals surface area contributed by atoms with Crippen molar-refractivity contribution in [3.63, 3.8) is 0 Å². The van der Waals surface area contributed by atoms with Gasteiger partial charge in [-0.3, -0.25) is 0 Å². The molecule has 0 saturated heterocycles. The molecule has 68 valence electrons. The Morgan fingerprint density at radius 2 is 2.23 bits per heavy atom. The average molecular weight is 176 g/mol. The minimum absolute atomic E-state index is 0.361. The van der Waals surface area contributed by atoms with Crippen LogP contribution in [0.15, 0.2) is 12.1 Å². The van der Waals surface area contributed by atoms with Crippen molar-refractivity contribution in [1.82, 2.24) is 0 Å². The van der Waals surface area contributed by atoms with Gasteiger partial charge in [-0.25, -0.2) is 0 Å². The van der Waals surface area contributed by atoms with Crippen LogP contribution in [0.2, 0.25) is 0 Å². The summed E-state index contributed by atoms with van der Waals surface area (Å²) < 4.78 is 5.12. The van der Waals surface area contributed by atoms with E-state index in [1.807, 2.05) is 13.0 Å². The lowest BCUT2D eigenvalue weighted by Gasteiger charge is -2.07. The predicted molar refractivity (Wildman–Crippen MR) is 50.3 cm³/mol. The van der Waals surface area contributed by atoms with Gasteiger partial charge in [0.25, 0.3) is 0 Å². The molecule has 3 heteroatoms. The van der Waals surface area contributed by atoms with Crippen LogP contribution in [-0.2, 0) is 6.54 Å². The van der Waals surface area contributed by atoms with Crippen molar-refractivity contribution < 1.29 is 4.74 Å². The Kier molecular flexibility index (Phi) is 2.88. The highest BCUT2D eigenvalue weighted by molar-refractivity contribution is 5.47. The molecule has 0 amide bonds. The minimum Gasteiger partial charge on any atom is -0.496 e. The maximum absolute atomic E-state index is 8.79. The number of methoxy groups -OCH3 is 1. The van der Waals surface area contributed by atoms with Crippen LogP contribution in [0.5, 0.6) is 5.75 Å². The molecule has 1 aromatic rings. The van der Waals surface area contributed by atoms with E-state index in [-0.39, 0.29) is 0 Å². The number of benzene rings is 1. The summed E-state index contributed by atoms with van der Waals surface area (Å²) in [6.07, 6.45) is 0. The van der Waals surface area contributed by atoms with Gasteiger partial charge in [0.15, 0.2) is 0 Å². The zero-order valence-corrected chi connectivity index (χ0v) is 7.79. The van der Waals surface area contributed by atoms with Crippen LogP contribution >= 0.6 is 0 Å². The van der Waals surface area contributed by atoms with Crippen LogP contribution in [-0.4, -0.2) is 7.11 Å². The van der Waals surface area contributed by atoms with Crippen LogP contribution in [0, 0.1) is 18.3 Å². The summed E-state index contributed by atoms with van der Waals surface area (Å²) in [5, 5.41) is 8.79. The smallest absolute Gasteiger partial charge is 0.122 e. The van der Waals surface area contributed by atoms with Crippen molar-refractivity contribution in [1.29, 1.82) is 5.26 Å². The number of nitrogens with zero attached hydrogens (tertiary/aromatic N) is 1. The molecule has 0 aliphatic heterocycles. The minimum atomic E-state index is 0.361. The second kappa shape index (κ2) is 3.92. The highest BCUT2D eigenvalue weighted by Crippen LogP contribution is 2.22. The molecule has 0 aromatic heterocycles. The molecule has 0 radical (unpaired) electrons. The van der Waals surface area contributed by atoms with Gasteiger partial charge in [-0.1, -0.05) is 0 Å². The van der Waals surface area contributed by atoms with Gasteiger partial charge in [0.1, 0.15) is 5.75 Å². The van der Waals surface area contributed by atoms with Crippen LogP contribution < -0.4 is 10.5 Å². The van der Waals surface area contributed by atoms with Gasteiger partial charge in [0, 0.05) is 6.54 Å². The van der Waals surface area contributed by atoms with Crippen molar-refractivity contribution in [2.24, 2.45) is 5.73 Å². The van der Waals surface area contributed by atoms with Crippen LogP contribution in [0.3, 0.4) is 0 Å². The third kappa shape index (κ3) is 1.79. The van der Waals surface area contributed by atoms with E-state index in [0.717, 1.165) is 16.9 Å². The summed E-state index contributed by atoms with van der Waals surface area (Å²) in [6.45, 7) is 2.26. The fourth-order valence-electron chi connectivity index (χ4n) is 1.22. The number of aryl methyl sites for hydroxylation is 1. The normalized spacial score (nSPS) is 9.38. The number of nitriles is 1. The van der Waals surface area contributed by atoms with E-state index in [9.17, 15) is 0 Å². The Morgan fingerprint density at radius 1 is 1.54 bits per heavy atom. The van der Waals surface area contributed by atoms with Gasteiger partial charge in [-0.05, 0) is 30.2 Å². The fourth-order valence-corrected chi connectivity index (χ4v) is 1.22. The first-order chi connectivity index (χ1) is 6.22. The summed E-state index contributed by atoms with van der Waals surface area (Å²) in [6, 6.07) is 5.71. The molecular formula is C10H12N2O. The highest BCUT2D eigenvalue weighted by Gasteiger charge is 2.05. The summed E-state index contributed by atoms with van der Waals surface area (Å²) >= 11 is 0.